The summed E-state index contributed by atoms with van der Waals surface area (Å²) < 4.78 is 1.90. The summed E-state index contributed by atoms with van der Waals surface area (Å²) >= 11 is 0. The molecule has 1 aromatic heterocycles. The van der Waals surface area contributed by atoms with Crippen LogP contribution in [0.2, 0.25) is 0 Å². The third kappa shape index (κ3) is 11.3. The lowest BCUT2D eigenvalue weighted by Crippen LogP contribution is -2.31. The lowest BCUT2D eigenvalue weighted by Gasteiger charge is -2.05. The fraction of sp³-hybridized carbons (Fsp3) is 0.684. The summed E-state index contributed by atoms with van der Waals surface area (Å²) in [5.74, 6) is 0.0344. The molecule has 0 aliphatic carbocycles. The fourth-order valence-electron chi connectivity index (χ4n) is 2.64. The van der Waals surface area contributed by atoms with Gasteiger partial charge in [0.15, 0.2) is 12.4 Å². The number of pyridine rings is 1. The first-order valence-corrected chi connectivity index (χ1v) is 8.97. The van der Waals surface area contributed by atoms with Crippen LogP contribution in [0.5, 0.6) is 0 Å². The second-order valence-electron chi connectivity index (χ2n) is 6.20. The quantitative estimate of drug-likeness (QED) is 0.409. The zero-order chi connectivity index (χ0) is 16.0. The molecule has 0 saturated carbocycles. The van der Waals surface area contributed by atoms with Crippen molar-refractivity contribution >= 4 is 22.9 Å². The Labute approximate surface area is 152 Å². The van der Waals surface area contributed by atoms with Crippen LogP contribution in [-0.4, -0.2) is 12.5 Å². The molecule has 1 heterocycles. The van der Waals surface area contributed by atoms with Crippen molar-refractivity contribution in [1.82, 2.24) is 5.32 Å². The Morgan fingerprint density at radius 2 is 1.57 bits per heavy atom. The van der Waals surface area contributed by atoms with E-state index in [0.29, 0.717) is 0 Å². The summed E-state index contributed by atoms with van der Waals surface area (Å²) in [5.41, 5.74) is 0.733. The maximum Gasteiger partial charge on any atom is 0.257 e. The van der Waals surface area contributed by atoms with Gasteiger partial charge in [0.2, 0.25) is 0 Å². The van der Waals surface area contributed by atoms with Gasteiger partial charge in [-0.15, -0.1) is 17.0 Å². The van der Waals surface area contributed by atoms with E-state index in [9.17, 15) is 4.79 Å². The predicted molar refractivity (Wildman–Crippen MR) is 102 cm³/mol. The molecule has 0 bridgehead atoms. The Kier molecular flexibility index (Phi) is 14.1. The number of halogens is 1. The molecule has 0 aliphatic rings. The van der Waals surface area contributed by atoms with Crippen molar-refractivity contribution in [3.05, 3.63) is 30.1 Å². The minimum atomic E-state index is 0. The maximum absolute atomic E-state index is 11.9. The van der Waals surface area contributed by atoms with Gasteiger partial charge in [0.1, 0.15) is 12.6 Å². The zero-order valence-corrected chi connectivity index (χ0v) is 16.6. The van der Waals surface area contributed by atoms with Gasteiger partial charge < -0.3 is 5.32 Å². The predicted octanol–water partition coefficient (Wildman–Crippen LogP) is 4.74. The van der Waals surface area contributed by atoms with Crippen LogP contribution in [0, 0.1) is 0 Å². The summed E-state index contributed by atoms with van der Waals surface area (Å²) in [5, 5.41) is 3.00. The Morgan fingerprint density at radius 3 is 2.13 bits per heavy atom. The topological polar surface area (TPSA) is 33.0 Å². The normalized spacial score (nSPS) is 10.2. The molecule has 0 fully saturated rings. The molecule has 0 saturated heterocycles. The molecule has 132 valence electrons. The van der Waals surface area contributed by atoms with E-state index in [1.54, 1.807) is 0 Å². The van der Waals surface area contributed by atoms with Gasteiger partial charge in [0.05, 0.1) is 0 Å². The number of nitrogens with one attached hydrogen (secondary N) is 1. The summed E-state index contributed by atoms with van der Waals surface area (Å²) in [6.07, 6.45) is 17.0. The fourth-order valence-corrected chi connectivity index (χ4v) is 2.64. The minimum Gasteiger partial charge on any atom is -0.352 e. The van der Waals surface area contributed by atoms with Gasteiger partial charge in [-0.25, -0.2) is 4.57 Å². The van der Waals surface area contributed by atoms with Crippen molar-refractivity contribution in [3.8, 4) is 0 Å². The zero-order valence-electron chi connectivity index (χ0n) is 14.9. The van der Waals surface area contributed by atoms with E-state index in [1.807, 2.05) is 36.1 Å². The summed E-state index contributed by atoms with van der Waals surface area (Å²) in [6, 6.07) is 3.75. The van der Waals surface area contributed by atoms with Gasteiger partial charge in [0.25, 0.3) is 5.91 Å². The number of rotatable bonds is 12. The molecule has 0 radical (unpaired) electrons. The van der Waals surface area contributed by atoms with Crippen molar-refractivity contribution in [2.75, 3.05) is 6.54 Å². The van der Waals surface area contributed by atoms with E-state index in [0.717, 1.165) is 18.5 Å². The summed E-state index contributed by atoms with van der Waals surface area (Å²) in [6.45, 7) is 3.05. The third-order valence-electron chi connectivity index (χ3n) is 4.02. The Balaban J connectivity index is 0.00000484. The van der Waals surface area contributed by atoms with E-state index in [-0.39, 0.29) is 22.9 Å². The molecular weight excluding hydrogens is 352 g/mol. The molecule has 0 unspecified atom stereocenters. The van der Waals surface area contributed by atoms with Crippen LogP contribution >= 0.6 is 17.0 Å². The van der Waals surface area contributed by atoms with E-state index in [2.05, 4.69) is 12.2 Å². The van der Waals surface area contributed by atoms with Crippen LogP contribution in [0.1, 0.15) is 81.5 Å². The molecule has 0 aliphatic heterocycles. The molecule has 1 aromatic rings. The summed E-state index contributed by atoms with van der Waals surface area (Å²) in [4.78, 5) is 11.9. The van der Waals surface area contributed by atoms with Crippen LogP contribution in [-0.2, 0) is 7.05 Å². The molecule has 3 nitrogen and oxygen atoms in total. The number of nitrogens with zero attached hydrogens (tertiary/aromatic N) is 1. The molecule has 0 aromatic carbocycles. The Morgan fingerprint density at radius 1 is 1.00 bits per heavy atom. The van der Waals surface area contributed by atoms with Gasteiger partial charge >= 0.3 is 0 Å². The highest BCUT2D eigenvalue weighted by Crippen LogP contribution is 2.10. The van der Waals surface area contributed by atoms with Gasteiger partial charge in [0, 0.05) is 12.6 Å². The number of hydrogen-bond donors (Lipinski definition) is 1. The van der Waals surface area contributed by atoms with Crippen LogP contribution in [0.4, 0.5) is 0 Å². The van der Waals surface area contributed by atoms with E-state index < -0.39 is 0 Å². The molecule has 1 N–H and O–H groups in total. The average Bonchev–Trinajstić information content (AvgIpc) is 2.52. The van der Waals surface area contributed by atoms with Crippen molar-refractivity contribution in [2.45, 2.75) is 71.1 Å². The third-order valence-corrected chi connectivity index (χ3v) is 4.02. The van der Waals surface area contributed by atoms with Gasteiger partial charge in [-0.1, -0.05) is 64.7 Å². The lowest BCUT2D eigenvalue weighted by atomic mass is 10.1. The van der Waals surface area contributed by atoms with Crippen molar-refractivity contribution in [2.24, 2.45) is 7.05 Å². The number of aromatic nitrogens is 1. The number of carbonyl (C=O) groups is 1. The number of hydrogen-bond acceptors (Lipinski definition) is 1. The molecule has 4 heteroatoms. The minimum absolute atomic E-state index is 0. The highest BCUT2D eigenvalue weighted by molar-refractivity contribution is 8.93. The van der Waals surface area contributed by atoms with Crippen LogP contribution < -0.4 is 9.88 Å². The highest BCUT2D eigenvalue weighted by Gasteiger charge is 2.07. The van der Waals surface area contributed by atoms with Crippen LogP contribution in [0.15, 0.2) is 24.5 Å². The van der Waals surface area contributed by atoms with Gasteiger partial charge in [-0.05, 0) is 12.5 Å². The second kappa shape index (κ2) is 14.7. The number of aryl methyl sites for hydroxylation is 1. The molecule has 1 rings (SSSR count). The van der Waals surface area contributed by atoms with E-state index in [4.69, 9.17) is 0 Å². The number of amides is 1. The Bertz CT molecular complexity index is 424. The lowest BCUT2D eigenvalue weighted by molar-refractivity contribution is -0.671. The molecule has 23 heavy (non-hydrogen) atoms. The van der Waals surface area contributed by atoms with Crippen molar-refractivity contribution in [1.29, 1.82) is 0 Å². The van der Waals surface area contributed by atoms with Gasteiger partial charge in [-0.2, -0.15) is 0 Å². The highest BCUT2D eigenvalue weighted by atomic mass is 79.9. The van der Waals surface area contributed by atoms with Gasteiger partial charge in [-0.3, -0.25) is 4.79 Å². The smallest absolute Gasteiger partial charge is 0.257 e. The first kappa shape index (κ1) is 22.1. The number of unbranched alkanes of at least 4 members (excludes halogenated alkanes) is 9. The van der Waals surface area contributed by atoms with Crippen molar-refractivity contribution in [3.63, 3.8) is 0 Å². The standard InChI is InChI=1S/C19H32N2O.BrH/c1-3-4-5-6-7-8-9-10-11-12-15-20-19(22)18-14-13-16-21(2)17-18;/h13-14,16-17H,3-12,15H2,1-2H3;1H/p+1. The van der Waals surface area contributed by atoms with E-state index >= 15 is 0 Å². The summed E-state index contributed by atoms with van der Waals surface area (Å²) in [7, 11) is 1.93. The Hall–Kier alpha value is -0.900. The number of carbonyl (C=O) groups excluding carboxylic acids is 1. The first-order valence-electron chi connectivity index (χ1n) is 8.97. The molecule has 0 atom stereocenters. The average molecular weight is 386 g/mol. The SMILES string of the molecule is Br.CCCCCCCCCCCCNC(=O)c1ccc[n+](C)c1. The molecular formula is C19H34BrN2O+. The van der Waals surface area contributed by atoms with E-state index in [1.165, 1.54) is 57.8 Å². The monoisotopic (exact) mass is 385 g/mol. The van der Waals surface area contributed by atoms with Crippen LogP contribution in [0.25, 0.3) is 0 Å². The molecule has 0 spiro atoms. The van der Waals surface area contributed by atoms with Crippen LogP contribution in [0.3, 0.4) is 0 Å². The second-order valence-corrected chi connectivity index (χ2v) is 6.20. The first-order chi connectivity index (χ1) is 10.7. The van der Waals surface area contributed by atoms with Crippen molar-refractivity contribution < 1.29 is 9.36 Å². The maximum atomic E-state index is 11.9. The molecule has 1 amide bonds. The largest absolute Gasteiger partial charge is 0.352 e.